The molecule has 0 unspecified atom stereocenters. The van der Waals surface area contributed by atoms with Crippen molar-refractivity contribution >= 4 is 5.97 Å². The summed E-state index contributed by atoms with van der Waals surface area (Å²) < 4.78 is 25.9. The molecule has 92 valence electrons. The Morgan fingerprint density at radius 2 is 2.00 bits per heavy atom. The summed E-state index contributed by atoms with van der Waals surface area (Å²) in [6.45, 7) is 1.32. The lowest BCUT2D eigenvalue weighted by Crippen LogP contribution is -2.45. The Labute approximate surface area is 92.6 Å². The summed E-state index contributed by atoms with van der Waals surface area (Å²) in [6, 6.07) is -0.426. The summed E-state index contributed by atoms with van der Waals surface area (Å²) in [5.41, 5.74) is 0. The van der Waals surface area contributed by atoms with Crippen LogP contribution in [-0.4, -0.2) is 53.6 Å². The summed E-state index contributed by atoms with van der Waals surface area (Å²) in [7, 11) is 0. The molecular formula is C10H16F2N2O2. The first-order valence-corrected chi connectivity index (χ1v) is 5.56. The Bertz CT molecular complexity index is 276. The average molecular weight is 234 g/mol. The van der Waals surface area contributed by atoms with Gasteiger partial charge in [-0.15, -0.1) is 0 Å². The summed E-state index contributed by atoms with van der Waals surface area (Å²) in [6.07, 6.45) is 0.295. The molecule has 0 radical (unpaired) electrons. The number of nitrogens with zero attached hydrogens (tertiary/aromatic N) is 1. The predicted molar refractivity (Wildman–Crippen MR) is 53.6 cm³/mol. The molecule has 6 heteroatoms. The van der Waals surface area contributed by atoms with Crippen LogP contribution in [-0.2, 0) is 4.79 Å². The van der Waals surface area contributed by atoms with Crippen LogP contribution in [0.5, 0.6) is 0 Å². The van der Waals surface area contributed by atoms with Crippen molar-refractivity contribution in [1.29, 1.82) is 0 Å². The second kappa shape index (κ2) is 4.25. The Hall–Kier alpha value is -0.750. The Kier molecular flexibility index (Phi) is 3.12. The number of aliphatic carboxylic acids is 1. The van der Waals surface area contributed by atoms with Crippen molar-refractivity contribution in [3.63, 3.8) is 0 Å². The van der Waals surface area contributed by atoms with Crippen molar-refractivity contribution in [1.82, 2.24) is 10.2 Å². The number of halogens is 2. The molecule has 2 atom stereocenters. The molecule has 2 N–H and O–H groups in total. The van der Waals surface area contributed by atoms with Crippen LogP contribution < -0.4 is 5.32 Å². The molecule has 2 fully saturated rings. The van der Waals surface area contributed by atoms with Crippen molar-refractivity contribution in [3.8, 4) is 0 Å². The number of carboxylic acids is 1. The van der Waals surface area contributed by atoms with Crippen molar-refractivity contribution < 1.29 is 18.7 Å². The van der Waals surface area contributed by atoms with Crippen molar-refractivity contribution in [2.45, 2.75) is 37.3 Å². The molecule has 0 aromatic rings. The molecular weight excluding hydrogens is 218 g/mol. The number of hydrogen-bond acceptors (Lipinski definition) is 3. The summed E-state index contributed by atoms with van der Waals surface area (Å²) >= 11 is 0. The maximum Gasteiger partial charge on any atom is 0.320 e. The Balaban J connectivity index is 1.85. The highest BCUT2D eigenvalue weighted by atomic mass is 19.3. The van der Waals surface area contributed by atoms with E-state index in [-0.39, 0.29) is 18.9 Å². The van der Waals surface area contributed by atoms with Crippen LogP contribution >= 0.6 is 0 Å². The zero-order valence-electron chi connectivity index (χ0n) is 8.96. The fraction of sp³-hybridized carbons (Fsp3) is 0.900. The number of likely N-dealkylation sites (tertiary alicyclic amines) is 1. The SMILES string of the molecule is O=C(O)[C@@H]1C[C@H](N2CCC(F)(F)CC2)CN1. The predicted octanol–water partition coefficient (Wildman–Crippen LogP) is 0.533. The van der Waals surface area contributed by atoms with Crippen molar-refractivity contribution in [2.24, 2.45) is 0 Å². The number of carboxylic acid groups (broad SMARTS) is 1. The lowest BCUT2D eigenvalue weighted by molar-refractivity contribution is -0.139. The van der Waals surface area contributed by atoms with Crippen LogP contribution in [0.3, 0.4) is 0 Å². The molecule has 0 aromatic heterocycles. The molecule has 0 bridgehead atoms. The van der Waals surface area contributed by atoms with Gasteiger partial charge >= 0.3 is 5.97 Å². The van der Waals surface area contributed by atoms with Gasteiger partial charge in [0.25, 0.3) is 5.92 Å². The van der Waals surface area contributed by atoms with Crippen LogP contribution in [0.2, 0.25) is 0 Å². The van der Waals surface area contributed by atoms with Gasteiger partial charge in [-0.25, -0.2) is 8.78 Å². The van der Waals surface area contributed by atoms with E-state index in [9.17, 15) is 13.6 Å². The summed E-state index contributed by atoms with van der Waals surface area (Å²) in [5.74, 6) is -3.39. The van der Waals surface area contributed by atoms with Gasteiger partial charge < -0.3 is 10.4 Å². The van der Waals surface area contributed by atoms with Crippen LogP contribution in [0.15, 0.2) is 0 Å². The fourth-order valence-corrected chi connectivity index (χ4v) is 2.40. The zero-order valence-corrected chi connectivity index (χ0v) is 8.96. The van der Waals surface area contributed by atoms with Gasteiger partial charge in [0.1, 0.15) is 6.04 Å². The normalized spacial score (nSPS) is 35.1. The highest BCUT2D eigenvalue weighted by Gasteiger charge is 2.39. The quantitative estimate of drug-likeness (QED) is 0.732. The second-order valence-corrected chi connectivity index (χ2v) is 4.58. The van der Waals surface area contributed by atoms with E-state index in [0.29, 0.717) is 26.1 Å². The van der Waals surface area contributed by atoms with Gasteiger partial charge in [-0.3, -0.25) is 9.69 Å². The third kappa shape index (κ3) is 2.49. The number of alkyl halides is 2. The van der Waals surface area contributed by atoms with Gasteiger partial charge in [0.2, 0.25) is 0 Å². The van der Waals surface area contributed by atoms with E-state index < -0.39 is 17.9 Å². The lowest BCUT2D eigenvalue weighted by Gasteiger charge is -2.35. The number of hydrogen-bond donors (Lipinski definition) is 2. The van der Waals surface area contributed by atoms with Gasteiger partial charge in [-0.05, 0) is 6.42 Å². The molecule has 0 aromatic carbocycles. The first-order valence-electron chi connectivity index (χ1n) is 5.56. The standard InChI is InChI=1S/C10H16F2N2O2/c11-10(12)1-3-14(4-2-10)7-5-8(9(15)16)13-6-7/h7-8,13H,1-6H2,(H,15,16)/t7-,8-/m0/s1. The fourth-order valence-electron chi connectivity index (χ4n) is 2.40. The minimum Gasteiger partial charge on any atom is -0.480 e. The van der Waals surface area contributed by atoms with E-state index in [1.807, 2.05) is 4.90 Å². The first-order chi connectivity index (χ1) is 7.48. The molecule has 2 saturated heterocycles. The summed E-state index contributed by atoms with van der Waals surface area (Å²) in [5, 5.41) is 11.7. The van der Waals surface area contributed by atoms with Gasteiger partial charge in [0.05, 0.1) is 0 Å². The van der Waals surface area contributed by atoms with E-state index in [1.54, 1.807) is 0 Å². The third-order valence-corrected chi connectivity index (χ3v) is 3.45. The second-order valence-electron chi connectivity index (χ2n) is 4.58. The topological polar surface area (TPSA) is 52.6 Å². The number of carbonyl (C=O) groups is 1. The van der Waals surface area contributed by atoms with E-state index in [4.69, 9.17) is 5.11 Å². The average Bonchev–Trinajstić information content (AvgIpc) is 2.66. The minimum atomic E-state index is -2.53. The van der Waals surface area contributed by atoms with Crippen LogP contribution in [0.4, 0.5) is 8.78 Å². The molecule has 2 aliphatic rings. The molecule has 4 nitrogen and oxygen atoms in total. The van der Waals surface area contributed by atoms with Gasteiger partial charge in [-0.2, -0.15) is 0 Å². The molecule has 0 amide bonds. The molecule has 2 aliphatic heterocycles. The lowest BCUT2D eigenvalue weighted by atomic mass is 10.0. The van der Waals surface area contributed by atoms with Crippen LogP contribution in [0, 0.1) is 0 Å². The largest absolute Gasteiger partial charge is 0.480 e. The van der Waals surface area contributed by atoms with Crippen LogP contribution in [0.25, 0.3) is 0 Å². The van der Waals surface area contributed by atoms with E-state index in [0.717, 1.165) is 0 Å². The maximum absolute atomic E-state index is 12.9. The zero-order chi connectivity index (χ0) is 11.8. The minimum absolute atomic E-state index is 0.0946. The Morgan fingerprint density at radius 3 is 2.50 bits per heavy atom. The van der Waals surface area contributed by atoms with Gasteiger partial charge in [0.15, 0.2) is 0 Å². The van der Waals surface area contributed by atoms with Gasteiger partial charge in [0, 0.05) is 38.5 Å². The molecule has 2 heterocycles. The maximum atomic E-state index is 12.9. The molecule has 2 rings (SSSR count). The molecule has 0 spiro atoms. The van der Waals surface area contributed by atoms with Crippen molar-refractivity contribution in [2.75, 3.05) is 19.6 Å². The number of piperidine rings is 1. The Morgan fingerprint density at radius 1 is 1.38 bits per heavy atom. The van der Waals surface area contributed by atoms with Gasteiger partial charge in [-0.1, -0.05) is 0 Å². The molecule has 0 saturated carbocycles. The van der Waals surface area contributed by atoms with E-state index in [2.05, 4.69) is 5.32 Å². The van der Waals surface area contributed by atoms with Crippen LogP contribution in [0.1, 0.15) is 19.3 Å². The molecule has 16 heavy (non-hydrogen) atoms. The highest BCUT2D eigenvalue weighted by Crippen LogP contribution is 2.29. The highest BCUT2D eigenvalue weighted by molar-refractivity contribution is 5.73. The van der Waals surface area contributed by atoms with E-state index >= 15 is 0 Å². The number of rotatable bonds is 2. The first kappa shape index (κ1) is 11.7. The molecule has 0 aliphatic carbocycles. The van der Waals surface area contributed by atoms with Crippen molar-refractivity contribution in [3.05, 3.63) is 0 Å². The van der Waals surface area contributed by atoms with E-state index in [1.165, 1.54) is 0 Å². The third-order valence-electron chi connectivity index (χ3n) is 3.45. The smallest absolute Gasteiger partial charge is 0.320 e. The summed E-state index contributed by atoms with van der Waals surface area (Å²) in [4.78, 5) is 12.7. The monoisotopic (exact) mass is 234 g/mol. The number of nitrogens with one attached hydrogen (secondary N) is 1.